The Bertz CT molecular complexity index is 654. The molecular weight excluding hydrogens is 256 g/mol. The number of ether oxygens (including phenoxy) is 1. The zero-order chi connectivity index (χ0) is 14.7. The van der Waals surface area contributed by atoms with Crippen LogP contribution in [0.25, 0.3) is 0 Å². The summed E-state index contributed by atoms with van der Waals surface area (Å²) in [5, 5.41) is 9.10. The van der Waals surface area contributed by atoms with Crippen LogP contribution in [0.4, 0.5) is 0 Å². The first-order valence-electron chi connectivity index (χ1n) is 6.36. The van der Waals surface area contributed by atoms with Crippen molar-refractivity contribution in [3.8, 4) is 11.6 Å². The zero-order valence-electron chi connectivity index (χ0n) is 11.7. The number of hydrogen-bond acceptors (Lipinski definition) is 4. The molecule has 2 aromatic rings. The number of rotatable bonds is 4. The van der Waals surface area contributed by atoms with Gasteiger partial charge in [-0.15, -0.1) is 0 Å². The average Bonchev–Trinajstić information content (AvgIpc) is 2.40. The monoisotopic (exact) mass is 272 g/mol. The molecule has 0 amide bonds. The molecule has 0 unspecified atom stereocenters. The third-order valence-corrected chi connectivity index (χ3v) is 2.96. The molecule has 0 aliphatic carbocycles. The Labute approximate surface area is 117 Å². The number of carboxylic acids is 1. The minimum absolute atomic E-state index is 0.226. The molecule has 5 heteroatoms. The lowest BCUT2D eigenvalue weighted by Crippen LogP contribution is -2.02. The van der Waals surface area contributed by atoms with Crippen molar-refractivity contribution in [1.29, 1.82) is 0 Å². The third-order valence-electron chi connectivity index (χ3n) is 2.96. The Morgan fingerprint density at radius 1 is 1.30 bits per heavy atom. The van der Waals surface area contributed by atoms with E-state index >= 15 is 0 Å². The number of aromatic carboxylic acids is 1. The van der Waals surface area contributed by atoms with Crippen molar-refractivity contribution in [3.63, 3.8) is 0 Å². The van der Waals surface area contributed by atoms with Crippen molar-refractivity contribution in [2.45, 2.75) is 27.2 Å². The first kappa shape index (κ1) is 14.0. The maximum Gasteiger partial charge on any atom is 0.336 e. The van der Waals surface area contributed by atoms with Crippen LogP contribution in [0.1, 0.15) is 34.4 Å². The van der Waals surface area contributed by atoms with Gasteiger partial charge in [-0.1, -0.05) is 13.0 Å². The number of nitrogens with zero attached hydrogens (tertiary/aromatic N) is 2. The van der Waals surface area contributed by atoms with Gasteiger partial charge in [-0.3, -0.25) is 0 Å². The zero-order valence-corrected chi connectivity index (χ0v) is 11.7. The molecule has 0 fully saturated rings. The second kappa shape index (κ2) is 5.69. The molecule has 0 spiro atoms. The fourth-order valence-electron chi connectivity index (χ4n) is 1.90. The summed E-state index contributed by atoms with van der Waals surface area (Å²) in [6.07, 6.45) is 0.786. The van der Waals surface area contributed by atoms with Gasteiger partial charge >= 0.3 is 5.97 Å². The minimum atomic E-state index is -0.971. The highest BCUT2D eigenvalue weighted by atomic mass is 16.5. The van der Waals surface area contributed by atoms with Gasteiger partial charge in [-0.2, -0.15) is 4.98 Å². The number of benzene rings is 1. The van der Waals surface area contributed by atoms with Crippen molar-refractivity contribution in [2.75, 3.05) is 0 Å². The van der Waals surface area contributed by atoms with Crippen LogP contribution in [-0.4, -0.2) is 21.0 Å². The van der Waals surface area contributed by atoms with E-state index < -0.39 is 5.97 Å². The van der Waals surface area contributed by atoms with Gasteiger partial charge in [0.15, 0.2) is 0 Å². The van der Waals surface area contributed by atoms with Crippen LogP contribution in [-0.2, 0) is 6.42 Å². The summed E-state index contributed by atoms with van der Waals surface area (Å²) >= 11 is 0. The molecule has 0 radical (unpaired) electrons. The van der Waals surface area contributed by atoms with E-state index in [1.807, 2.05) is 6.92 Å². The quantitative estimate of drug-likeness (QED) is 0.925. The molecule has 0 saturated heterocycles. The Balaban J connectivity index is 2.37. The smallest absolute Gasteiger partial charge is 0.336 e. The molecule has 2 rings (SSSR count). The van der Waals surface area contributed by atoms with Gasteiger partial charge in [0.1, 0.15) is 11.6 Å². The summed E-state index contributed by atoms with van der Waals surface area (Å²) in [7, 11) is 0. The van der Waals surface area contributed by atoms with Crippen molar-refractivity contribution in [1.82, 2.24) is 9.97 Å². The van der Waals surface area contributed by atoms with E-state index in [-0.39, 0.29) is 5.56 Å². The van der Waals surface area contributed by atoms with Crippen molar-refractivity contribution < 1.29 is 14.6 Å². The summed E-state index contributed by atoms with van der Waals surface area (Å²) in [5.41, 5.74) is 1.69. The second-order valence-corrected chi connectivity index (χ2v) is 4.43. The molecule has 1 heterocycles. The van der Waals surface area contributed by atoms with Crippen LogP contribution in [0.3, 0.4) is 0 Å². The Morgan fingerprint density at radius 2 is 2.05 bits per heavy atom. The predicted molar refractivity (Wildman–Crippen MR) is 74.4 cm³/mol. The van der Waals surface area contributed by atoms with Crippen molar-refractivity contribution in [3.05, 3.63) is 46.9 Å². The maximum absolute atomic E-state index is 11.1. The van der Waals surface area contributed by atoms with E-state index in [4.69, 9.17) is 9.84 Å². The van der Waals surface area contributed by atoms with Gasteiger partial charge in [0, 0.05) is 17.3 Å². The van der Waals surface area contributed by atoms with Crippen LogP contribution in [0.15, 0.2) is 24.3 Å². The number of aromatic nitrogens is 2. The van der Waals surface area contributed by atoms with Crippen LogP contribution in [0.2, 0.25) is 0 Å². The van der Waals surface area contributed by atoms with Gasteiger partial charge in [0.05, 0.1) is 5.56 Å². The Hall–Kier alpha value is -2.43. The van der Waals surface area contributed by atoms with Gasteiger partial charge in [0.25, 0.3) is 0 Å². The van der Waals surface area contributed by atoms with Crippen LogP contribution < -0.4 is 4.74 Å². The number of carbonyl (C=O) groups is 1. The fourth-order valence-corrected chi connectivity index (χ4v) is 1.90. The van der Waals surface area contributed by atoms with Crippen LogP contribution >= 0.6 is 0 Å². The Morgan fingerprint density at radius 3 is 2.70 bits per heavy atom. The molecule has 0 bridgehead atoms. The van der Waals surface area contributed by atoms with Gasteiger partial charge in [-0.25, -0.2) is 9.78 Å². The second-order valence-electron chi connectivity index (χ2n) is 4.43. The molecule has 0 atom stereocenters. The third kappa shape index (κ3) is 2.93. The fraction of sp³-hybridized carbons (Fsp3) is 0.267. The minimum Gasteiger partial charge on any atom is -0.478 e. The molecule has 0 saturated carbocycles. The van der Waals surface area contributed by atoms with E-state index in [0.717, 1.165) is 12.1 Å². The molecule has 5 nitrogen and oxygen atoms in total. The normalized spacial score (nSPS) is 10.3. The Kier molecular flexibility index (Phi) is 3.98. The highest BCUT2D eigenvalue weighted by Gasteiger charge is 2.12. The van der Waals surface area contributed by atoms with Crippen LogP contribution in [0, 0.1) is 13.8 Å². The summed E-state index contributed by atoms with van der Waals surface area (Å²) in [4.78, 5) is 19.6. The van der Waals surface area contributed by atoms with Crippen molar-refractivity contribution >= 4 is 5.97 Å². The predicted octanol–water partition coefficient (Wildman–Crippen LogP) is 3.15. The summed E-state index contributed by atoms with van der Waals surface area (Å²) in [6, 6.07) is 6.69. The van der Waals surface area contributed by atoms with E-state index in [9.17, 15) is 4.79 Å². The highest BCUT2D eigenvalue weighted by molar-refractivity contribution is 5.90. The topological polar surface area (TPSA) is 72.3 Å². The van der Waals surface area contributed by atoms with Gasteiger partial charge < -0.3 is 9.84 Å². The molecular formula is C15H16N2O3. The number of hydrogen-bond donors (Lipinski definition) is 1. The summed E-state index contributed by atoms with van der Waals surface area (Å²) in [5.74, 6) is 0.581. The van der Waals surface area contributed by atoms with E-state index in [0.29, 0.717) is 23.0 Å². The lowest BCUT2D eigenvalue weighted by atomic mass is 10.1. The molecule has 1 N–H and O–H groups in total. The number of aryl methyl sites for hydroxylation is 2. The molecule has 1 aromatic carbocycles. The molecule has 104 valence electrons. The van der Waals surface area contributed by atoms with Crippen LogP contribution in [0.5, 0.6) is 11.6 Å². The van der Waals surface area contributed by atoms with E-state index in [1.54, 1.807) is 38.1 Å². The average molecular weight is 272 g/mol. The largest absolute Gasteiger partial charge is 0.478 e. The van der Waals surface area contributed by atoms with Gasteiger partial charge in [-0.05, 0) is 32.4 Å². The first-order chi connectivity index (χ1) is 9.51. The lowest BCUT2D eigenvalue weighted by Gasteiger charge is -2.10. The summed E-state index contributed by atoms with van der Waals surface area (Å²) < 4.78 is 5.71. The number of carboxylic acid groups (broad SMARTS) is 1. The molecule has 0 aliphatic rings. The highest BCUT2D eigenvalue weighted by Crippen LogP contribution is 2.26. The maximum atomic E-state index is 11.1. The molecule has 1 aromatic heterocycles. The van der Waals surface area contributed by atoms with Crippen molar-refractivity contribution in [2.24, 2.45) is 0 Å². The standard InChI is InChI=1S/C15H16N2O3/c1-4-11-8-14(17-10(3)16-11)20-13-7-5-6-12(9(13)2)15(18)19/h5-8H,4H2,1-3H3,(H,18,19). The first-order valence-corrected chi connectivity index (χ1v) is 6.36. The summed E-state index contributed by atoms with van der Waals surface area (Å²) in [6.45, 7) is 5.52. The molecule has 20 heavy (non-hydrogen) atoms. The SMILES string of the molecule is CCc1cc(Oc2cccc(C(=O)O)c2C)nc(C)n1. The lowest BCUT2D eigenvalue weighted by molar-refractivity contribution is 0.0695. The molecule has 0 aliphatic heterocycles. The van der Waals surface area contributed by atoms with E-state index in [2.05, 4.69) is 9.97 Å². The van der Waals surface area contributed by atoms with E-state index in [1.165, 1.54) is 0 Å². The van der Waals surface area contributed by atoms with Gasteiger partial charge in [0.2, 0.25) is 5.88 Å².